The molecule has 0 radical (unpaired) electrons. The Balaban J connectivity index is 2.00. The van der Waals surface area contributed by atoms with Crippen LogP contribution >= 0.6 is 0 Å². The van der Waals surface area contributed by atoms with E-state index in [1.165, 1.54) is 16.3 Å². The third-order valence-corrected chi connectivity index (χ3v) is 5.06. The summed E-state index contributed by atoms with van der Waals surface area (Å²) < 4.78 is 6.13. The zero-order chi connectivity index (χ0) is 17.8. The van der Waals surface area contributed by atoms with Gasteiger partial charge in [0.2, 0.25) is 0 Å². The van der Waals surface area contributed by atoms with E-state index in [1.54, 1.807) is 0 Å². The minimum Gasteiger partial charge on any atom is -0.449 e. The third-order valence-electron chi connectivity index (χ3n) is 5.06. The van der Waals surface area contributed by atoms with Crippen molar-refractivity contribution in [3.63, 3.8) is 0 Å². The van der Waals surface area contributed by atoms with Crippen molar-refractivity contribution < 1.29 is 9.53 Å². The van der Waals surface area contributed by atoms with Crippen molar-refractivity contribution >= 4 is 16.7 Å². The molecule has 4 rings (SSSR count). The second-order valence-corrected chi connectivity index (χ2v) is 7.93. The molecule has 126 valence electrons. The van der Waals surface area contributed by atoms with E-state index in [1.807, 2.05) is 39.8 Å². The molecule has 25 heavy (non-hydrogen) atoms. The molecule has 0 bridgehead atoms. The molecule has 0 aromatic heterocycles. The Bertz CT molecular complexity index is 994. The first-order valence-corrected chi connectivity index (χ1v) is 8.68. The van der Waals surface area contributed by atoms with Crippen molar-refractivity contribution in [1.29, 1.82) is 0 Å². The standard InChI is InChI=1S/C23H22O2/c1-22(2,3)21(24)25-23(4)18-12-8-7-11-17(18)20-16-10-6-5-9-15(16)13-14-19(20)23/h5-14H,1-4H3. The largest absolute Gasteiger partial charge is 0.449 e. The highest BCUT2D eigenvalue weighted by molar-refractivity contribution is 6.02. The van der Waals surface area contributed by atoms with Gasteiger partial charge < -0.3 is 4.74 Å². The number of hydrogen-bond acceptors (Lipinski definition) is 2. The number of fused-ring (bicyclic) bond motifs is 5. The Kier molecular flexibility index (Phi) is 3.30. The van der Waals surface area contributed by atoms with Gasteiger partial charge in [0, 0.05) is 11.1 Å². The molecular weight excluding hydrogens is 308 g/mol. The summed E-state index contributed by atoms with van der Waals surface area (Å²) in [6.45, 7) is 7.68. The zero-order valence-electron chi connectivity index (χ0n) is 15.1. The Morgan fingerprint density at radius 3 is 2.32 bits per heavy atom. The molecule has 0 spiro atoms. The first-order chi connectivity index (χ1) is 11.8. The van der Waals surface area contributed by atoms with Crippen LogP contribution in [-0.4, -0.2) is 5.97 Å². The lowest BCUT2D eigenvalue weighted by Crippen LogP contribution is -2.34. The quantitative estimate of drug-likeness (QED) is 0.537. The highest BCUT2D eigenvalue weighted by atomic mass is 16.6. The van der Waals surface area contributed by atoms with Gasteiger partial charge in [-0.15, -0.1) is 0 Å². The summed E-state index contributed by atoms with van der Waals surface area (Å²) in [5.41, 5.74) is 3.14. The maximum absolute atomic E-state index is 12.7. The van der Waals surface area contributed by atoms with Crippen LogP contribution in [0.3, 0.4) is 0 Å². The molecule has 0 saturated heterocycles. The van der Waals surface area contributed by atoms with Crippen LogP contribution < -0.4 is 0 Å². The van der Waals surface area contributed by atoms with Crippen LogP contribution in [-0.2, 0) is 15.1 Å². The van der Waals surface area contributed by atoms with Crippen LogP contribution in [0.25, 0.3) is 21.9 Å². The summed E-state index contributed by atoms with van der Waals surface area (Å²) in [6, 6.07) is 20.8. The molecule has 2 heteroatoms. The fourth-order valence-corrected chi connectivity index (χ4v) is 3.67. The summed E-state index contributed by atoms with van der Waals surface area (Å²) in [6.07, 6.45) is 0. The maximum Gasteiger partial charge on any atom is 0.312 e. The van der Waals surface area contributed by atoms with E-state index >= 15 is 0 Å². The second-order valence-electron chi connectivity index (χ2n) is 7.93. The van der Waals surface area contributed by atoms with E-state index < -0.39 is 11.0 Å². The number of carbonyl (C=O) groups excluding carboxylic acids is 1. The lowest BCUT2D eigenvalue weighted by atomic mass is 9.90. The van der Waals surface area contributed by atoms with Crippen LogP contribution in [0.5, 0.6) is 0 Å². The SMILES string of the molecule is CC(C)(C)C(=O)OC1(C)c2ccccc2-c2c1ccc1ccccc21. The van der Waals surface area contributed by atoms with Gasteiger partial charge >= 0.3 is 5.97 Å². The molecule has 0 aliphatic heterocycles. The first kappa shape index (κ1) is 15.9. The molecule has 0 amide bonds. The maximum atomic E-state index is 12.7. The molecule has 0 N–H and O–H groups in total. The van der Waals surface area contributed by atoms with Crippen molar-refractivity contribution in [2.45, 2.75) is 33.3 Å². The zero-order valence-corrected chi connectivity index (χ0v) is 15.1. The summed E-state index contributed by atoms with van der Waals surface area (Å²) in [7, 11) is 0. The van der Waals surface area contributed by atoms with Gasteiger partial charge in [0.05, 0.1) is 5.41 Å². The molecule has 0 saturated carbocycles. The van der Waals surface area contributed by atoms with Gasteiger partial charge in [-0.1, -0.05) is 60.7 Å². The molecule has 1 aliphatic rings. The minimum atomic E-state index is -0.764. The second kappa shape index (κ2) is 5.19. The smallest absolute Gasteiger partial charge is 0.312 e. The molecule has 1 atom stereocenters. The van der Waals surface area contributed by atoms with Crippen molar-refractivity contribution in [3.05, 3.63) is 71.8 Å². The van der Waals surface area contributed by atoms with Gasteiger partial charge in [-0.3, -0.25) is 4.79 Å². The number of rotatable bonds is 1. The first-order valence-electron chi connectivity index (χ1n) is 8.68. The average Bonchev–Trinajstić information content (AvgIpc) is 2.84. The van der Waals surface area contributed by atoms with Gasteiger partial charge in [-0.05, 0) is 49.6 Å². The van der Waals surface area contributed by atoms with Gasteiger partial charge in [0.25, 0.3) is 0 Å². The van der Waals surface area contributed by atoms with Crippen LogP contribution in [0, 0.1) is 5.41 Å². The highest BCUT2D eigenvalue weighted by Gasteiger charge is 2.44. The minimum absolute atomic E-state index is 0.189. The van der Waals surface area contributed by atoms with Crippen molar-refractivity contribution in [2.75, 3.05) is 0 Å². The van der Waals surface area contributed by atoms with Crippen LogP contribution in [0.15, 0.2) is 60.7 Å². The third kappa shape index (κ3) is 2.28. The molecule has 3 aromatic carbocycles. The predicted octanol–water partition coefficient (Wildman–Crippen LogP) is 5.67. The van der Waals surface area contributed by atoms with Gasteiger partial charge in [-0.2, -0.15) is 0 Å². The van der Waals surface area contributed by atoms with E-state index in [-0.39, 0.29) is 5.97 Å². The van der Waals surface area contributed by atoms with Crippen molar-refractivity contribution in [2.24, 2.45) is 5.41 Å². The highest BCUT2D eigenvalue weighted by Crippen LogP contribution is 2.52. The number of ether oxygens (including phenoxy) is 1. The van der Waals surface area contributed by atoms with E-state index in [9.17, 15) is 4.79 Å². The molecule has 0 heterocycles. The summed E-state index contributed by atoms with van der Waals surface area (Å²) in [5.74, 6) is -0.189. The van der Waals surface area contributed by atoms with Gasteiger partial charge in [0.1, 0.15) is 0 Å². The van der Waals surface area contributed by atoms with E-state index in [0.29, 0.717) is 0 Å². The lowest BCUT2D eigenvalue weighted by Gasteiger charge is -2.31. The summed E-state index contributed by atoms with van der Waals surface area (Å²) >= 11 is 0. The van der Waals surface area contributed by atoms with E-state index in [0.717, 1.165) is 16.7 Å². The Hall–Kier alpha value is -2.61. The molecular formula is C23H22O2. The number of esters is 1. The topological polar surface area (TPSA) is 26.3 Å². The van der Waals surface area contributed by atoms with Gasteiger partial charge in [-0.25, -0.2) is 0 Å². The molecule has 0 fully saturated rings. The van der Waals surface area contributed by atoms with Crippen molar-refractivity contribution in [3.8, 4) is 11.1 Å². The van der Waals surface area contributed by atoms with Crippen LogP contribution in [0.2, 0.25) is 0 Å². The molecule has 2 nitrogen and oxygen atoms in total. The van der Waals surface area contributed by atoms with E-state index in [2.05, 4.69) is 48.5 Å². The Labute approximate surface area is 148 Å². The molecule has 3 aromatic rings. The van der Waals surface area contributed by atoms with Crippen LogP contribution in [0.4, 0.5) is 0 Å². The number of hydrogen-bond donors (Lipinski definition) is 0. The van der Waals surface area contributed by atoms with E-state index in [4.69, 9.17) is 4.74 Å². The summed E-state index contributed by atoms with van der Waals surface area (Å²) in [5, 5.41) is 2.39. The Morgan fingerprint density at radius 1 is 0.880 bits per heavy atom. The normalized spacial score (nSPS) is 18.7. The Morgan fingerprint density at radius 2 is 1.56 bits per heavy atom. The van der Waals surface area contributed by atoms with Crippen LogP contribution in [0.1, 0.15) is 38.8 Å². The monoisotopic (exact) mass is 330 g/mol. The fourth-order valence-electron chi connectivity index (χ4n) is 3.67. The number of benzene rings is 3. The fraction of sp³-hybridized carbons (Fsp3) is 0.261. The van der Waals surface area contributed by atoms with Crippen molar-refractivity contribution in [1.82, 2.24) is 0 Å². The number of carbonyl (C=O) groups is 1. The lowest BCUT2D eigenvalue weighted by molar-refractivity contribution is -0.164. The summed E-state index contributed by atoms with van der Waals surface area (Å²) in [4.78, 5) is 12.7. The molecule has 1 aliphatic carbocycles. The predicted molar refractivity (Wildman–Crippen MR) is 101 cm³/mol. The molecule has 1 unspecified atom stereocenters. The average molecular weight is 330 g/mol. The van der Waals surface area contributed by atoms with Gasteiger partial charge in [0.15, 0.2) is 5.60 Å².